The van der Waals surface area contributed by atoms with Crippen LogP contribution in [0.2, 0.25) is 0 Å². The van der Waals surface area contributed by atoms with Crippen molar-refractivity contribution < 1.29 is 17.9 Å². The zero-order valence-corrected chi connectivity index (χ0v) is 18.9. The Hall–Kier alpha value is -2.87. The zero-order valence-electron chi connectivity index (χ0n) is 18.1. The molecule has 0 radical (unpaired) electrons. The Bertz CT molecular complexity index is 1210. The molecular weight excluding hydrogens is 424 g/mol. The molecule has 2 aliphatic heterocycles. The maximum atomic E-state index is 13.4. The molecule has 2 bridgehead atoms. The number of nitrogens with zero attached hydrogens (tertiary/aromatic N) is 1. The molecule has 2 saturated heterocycles. The number of ether oxygens (including phenoxy) is 2. The highest BCUT2D eigenvalue weighted by molar-refractivity contribution is 7.89. The van der Waals surface area contributed by atoms with Crippen LogP contribution in [0.1, 0.15) is 11.5 Å². The fourth-order valence-electron chi connectivity index (χ4n) is 4.98. The molecule has 166 valence electrons. The van der Waals surface area contributed by atoms with Crippen molar-refractivity contribution in [1.82, 2.24) is 9.62 Å². The largest absolute Gasteiger partial charge is 0.497 e. The molecule has 1 unspecified atom stereocenters. The molecular formula is C25H26N2O4S. The monoisotopic (exact) mass is 450 g/mol. The summed E-state index contributed by atoms with van der Waals surface area (Å²) < 4.78 is 39.2. The van der Waals surface area contributed by atoms with Crippen LogP contribution in [0.3, 0.4) is 0 Å². The van der Waals surface area contributed by atoms with Crippen LogP contribution in [0, 0.1) is 0 Å². The molecule has 2 fully saturated rings. The lowest BCUT2D eigenvalue weighted by Crippen LogP contribution is -2.73. The van der Waals surface area contributed by atoms with Crippen molar-refractivity contribution in [3.05, 3.63) is 78.4 Å². The lowest BCUT2D eigenvalue weighted by molar-refractivity contribution is 0.0370. The van der Waals surface area contributed by atoms with Gasteiger partial charge in [0.1, 0.15) is 11.5 Å². The van der Waals surface area contributed by atoms with Gasteiger partial charge in [-0.3, -0.25) is 0 Å². The molecule has 3 aromatic rings. The topological polar surface area (TPSA) is 67.9 Å². The van der Waals surface area contributed by atoms with Crippen LogP contribution in [0.25, 0.3) is 11.1 Å². The van der Waals surface area contributed by atoms with Crippen LogP contribution in [0.5, 0.6) is 11.5 Å². The summed E-state index contributed by atoms with van der Waals surface area (Å²) in [6, 6.07) is 22.8. The van der Waals surface area contributed by atoms with Crippen LogP contribution in [0.15, 0.2) is 77.7 Å². The second-order valence-corrected chi connectivity index (χ2v) is 10.00. The molecule has 6 nitrogen and oxygen atoms in total. The Morgan fingerprint density at radius 3 is 2.28 bits per heavy atom. The molecule has 0 aromatic heterocycles. The first kappa shape index (κ1) is 21.0. The van der Waals surface area contributed by atoms with E-state index in [1.807, 2.05) is 24.3 Å². The number of fused-ring (bicyclic) bond motifs is 2. The van der Waals surface area contributed by atoms with Crippen molar-refractivity contribution in [2.24, 2.45) is 0 Å². The number of sulfonamides is 1. The Labute approximate surface area is 188 Å². The Morgan fingerprint density at radius 1 is 0.875 bits per heavy atom. The zero-order chi connectivity index (χ0) is 22.3. The summed E-state index contributed by atoms with van der Waals surface area (Å²) in [5, 5.41) is 3.37. The number of hydrogen-bond donors (Lipinski definition) is 1. The fourth-order valence-corrected chi connectivity index (χ4v) is 6.87. The van der Waals surface area contributed by atoms with Crippen molar-refractivity contribution >= 4 is 10.0 Å². The van der Waals surface area contributed by atoms with Gasteiger partial charge in [-0.1, -0.05) is 48.5 Å². The second-order valence-electron chi connectivity index (χ2n) is 8.15. The first-order valence-corrected chi connectivity index (χ1v) is 12.1. The maximum absolute atomic E-state index is 13.4. The van der Waals surface area contributed by atoms with E-state index >= 15 is 0 Å². The van der Waals surface area contributed by atoms with Gasteiger partial charge >= 0.3 is 0 Å². The Kier molecular flexibility index (Phi) is 5.41. The van der Waals surface area contributed by atoms with Gasteiger partial charge in [0.25, 0.3) is 0 Å². The molecule has 0 aliphatic carbocycles. The highest BCUT2D eigenvalue weighted by Gasteiger charge is 2.56. The number of nitrogens with one attached hydrogen (secondary N) is 1. The van der Waals surface area contributed by atoms with Gasteiger partial charge in [-0.05, 0) is 29.3 Å². The molecule has 5 rings (SSSR count). The Balaban J connectivity index is 1.42. The number of rotatable bonds is 6. The van der Waals surface area contributed by atoms with Crippen LogP contribution >= 0.6 is 0 Å². The number of para-hydroxylation sites is 1. The van der Waals surface area contributed by atoms with E-state index in [9.17, 15) is 8.42 Å². The summed E-state index contributed by atoms with van der Waals surface area (Å²) in [5.41, 5.74) is 3.28. The van der Waals surface area contributed by atoms with Gasteiger partial charge in [-0.2, -0.15) is 4.31 Å². The molecule has 2 aliphatic rings. The van der Waals surface area contributed by atoms with Crippen LogP contribution in [-0.4, -0.2) is 52.1 Å². The van der Waals surface area contributed by atoms with E-state index in [1.165, 1.54) is 0 Å². The maximum Gasteiger partial charge on any atom is 0.243 e. The van der Waals surface area contributed by atoms with E-state index in [0.29, 0.717) is 18.8 Å². The van der Waals surface area contributed by atoms with Crippen LogP contribution in [-0.2, 0) is 10.0 Å². The number of piperazine rings is 1. The van der Waals surface area contributed by atoms with Gasteiger partial charge < -0.3 is 14.8 Å². The number of hydrogen-bond acceptors (Lipinski definition) is 5. The lowest BCUT2D eigenvalue weighted by Gasteiger charge is -2.57. The van der Waals surface area contributed by atoms with Gasteiger partial charge in [0.2, 0.25) is 10.0 Å². The molecule has 3 aromatic carbocycles. The van der Waals surface area contributed by atoms with Gasteiger partial charge in [0.15, 0.2) is 0 Å². The summed E-state index contributed by atoms with van der Waals surface area (Å²) in [6.07, 6.45) is 0. The van der Waals surface area contributed by atoms with Crippen LogP contribution in [0.4, 0.5) is 0 Å². The number of piperidine rings is 1. The minimum atomic E-state index is -3.60. The standard InChI is InChI=1S/C25H26N2O4S/c1-30-19-6-5-7-20(14-19)32(28,29)27-22-15-26-16-23(27)25(22)18-12-10-17(11-13-18)21-8-3-4-9-24(21)31-2/h3-14,22-23,25-26H,15-16H2,1-2H3/t22-,23+,25?. The second kappa shape index (κ2) is 8.24. The van der Waals surface area contributed by atoms with Crippen molar-refractivity contribution in [3.63, 3.8) is 0 Å². The first-order valence-electron chi connectivity index (χ1n) is 10.7. The predicted molar refractivity (Wildman–Crippen MR) is 124 cm³/mol. The molecule has 0 saturated carbocycles. The Morgan fingerprint density at radius 2 is 1.59 bits per heavy atom. The summed E-state index contributed by atoms with van der Waals surface area (Å²) >= 11 is 0. The third-order valence-corrected chi connectivity index (χ3v) is 8.47. The van der Waals surface area contributed by atoms with Gasteiger partial charge in [-0.25, -0.2) is 8.42 Å². The lowest BCUT2D eigenvalue weighted by atomic mass is 9.74. The van der Waals surface area contributed by atoms with Gasteiger partial charge in [0.05, 0.1) is 19.1 Å². The SMILES string of the molecule is COc1cccc(S(=O)(=O)N2[C@@H]3CNC[C@H]2C3c2ccc(-c3ccccc3OC)cc2)c1. The number of benzene rings is 3. The minimum Gasteiger partial charge on any atom is -0.497 e. The van der Waals surface area contributed by atoms with E-state index < -0.39 is 10.0 Å². The van der Waals surface area contributed by atoms with Crippen molar-refractivity contribution in [2.45, 2.75) is 22.9 Å². The predicted octanol–water partition coefficient (Wildman–Crippen LogP) is 3.50. The van der Waals surface area contributed by atoms with Gasteiger partial charge in [0, 0.05) is 42.7 Å². The minimum absolute atomic E-state index is 0.109. The highest BCUT2D eigenvalue weighted by Crippen LogP contribution is 2.46. The third-order valence-electron chi connectivity index (χ3n) is 6.52. The molecule has 0 spiro atoms. The van der Waals surface area contributed by atoms with Crippen LogP contribution < -0.4 is 14.8 Å². The smallest absolute Gasteiger partial charge is 0.243 e. The number of methoxy groups -OCH3 is 2. The fraction of sp³-hybridized carbons (Fsp3) is 0.280. The van der Waals surface area contributed by atoms with Crippen molar-refractivity contribution in [3.8, 4) is 22.6 Å². The molecule has 2 heterocycles. The summed E-state index contributed by atoms with van der Waals surface area (Å²) in [5.74, 6) is 1.54. The summed E-state index contributed by atoms with van der Waals surface area (Å²) in [4.78, 5) is 0.277. The normalized spacial score (nSPS) is 22.8. The quantitative estimate of drug-likeness (QED) is 0.623. The highest BCUT2D eigenvalue weighted by atomic mass is 32.2. The third kappa shape index (κ3) is 3.37. The average Bonchev–Trinajstić information content (AvgIpc) is 2.84. The summed E-state index contributed by atoms with van der Waals surface area (Å²) in [6.45, 7) is 1.28. The van der Waals surface area contributed by atoms with E-state index in [2.05, 4.69) is 29.6 Å². The first-order chi connectivity index (χ1) is 15.5. The molecule has 0 amide bonds. The molecule has 1 N–H and O–H groups in total. The molecule has 7 heteroatoms. The van der Waals surface area contributed by atoms with Gasteiger partial charge in [-0.15, -0.1) is 0 Å². The van der Waals surface area contributed by atoms with E-state index in [-0.39, 0.29) is 22.9 Å². The van der Waals surface area contributed by atoms with E-state index in [4.69, 9.17) is 9.47 Å². The molecule has 3 atom stereocenters. The molecule has 32 heavy (non-hydrogen) atoms. The van der Waals surface area contributed by atoms with E-state index in [0.717, 1.165) is 22.4 Å². The van der Waals surface area contributed by atoms with Crippen molar-refractivity contribution in [2.75, 3.05) is 27.3 Å². The van der Waals surface area contributed by atoms with Crippen molar-refractivity contribution in [1.29, 1.82) is 0 Å². The average molecular weight is 451 g/mol. The van der Waals surface area contributed by atoms with E-state index in [1.54, 1.807) is 42.8 Å². The summed E-state index contributed by atoms with van der Waals surface area (Å²) in [7, 11) is -0.384.